The molecule has 114 valence electrons. The van der Waals surface area contributed by atoms with Crippen molar-refractivity contribution in [1.82, 2.24) is 5.32 Å². The molecule has 1 rings (SSSR count). The molecule has 0 saturated carbocycles. The lowest BCUT2D eigenvalue weighted by molar-refractivity contribution is -0.119. The van der Waals surface area contributed by atoms with E-state index in [4.69, 9.17) is 5.73 Å². The monoisotopic (exact) mass is 352 g/mol. The van der Waals surface area contributed by atoms with Crippen LogP contribution in [0.4, 0.5) is 0 Å². The maximum Gasteiger partial charge on any atom is 0.251 e. The van der Waals surface area contributed by atoms with Crippen LogP contribution in [-0.2, 0) is 10.2 Å². The predicted octanol–water partition coefficient (Wildman–Crippen LogP) is 2.87. The lowest BCUT2D eigenvalue weighted by atomic mass is 9.86. The number of carbonyl (C=O) groups is 2. The molecular formula is C16H21BrN2O2. The zero-order chi connectivity index (χ0) is 16.2. The SMILES string of the molecule is C=C(Br)C[C@@H](NC(=O)c1ccc(C(C)(C)C)cc1)C(N)=O. The van der Waals surface area contributed by atoms with Crippen molar-refractivity contribution in [2.45, 2.75) is 38.6 Å². The zero-order valence-corrected chi connectivity index (χ0v) is 14.2. The average molecular weight is 353 g/mol. The highest BCUT2D eigenvalue weighted by Gasteiger charge is 2.20. The number of amides is 2. The highest BCUT2D eigenvalue weighted by Crippen LogP contribution is 2.22. The Morgan fingerprint density at radius 2 is 1.81 bits per heavy atom. The Kier molecular flexibility index (Phi) is 5.72. The second-order valence-corrected chi connectivity index (χ2v) is 7.10. The average Bonchev–Trinajstić information content (AvgIpc) is 2.36. The highest BCUT2D eigenvalue weighted by molar-refractivity contribution is 9.11. The van der Waals surface area contributed by atoms with Gasteiger partial charge in [-0.1, -0.05) is 55.4 Å². The molecule has 1 aromatic carbocycles. The van der Waals surface area contributed by atoms with Crippen molar-refractivity contribution in [2.24, 2.45) is 5.73 Å². The number of nitrogens with one attached hydrogen (secondary N) is 1. The molecule has 21 heavy (non-hydrogen) atoms. The van der Waals surface area contributed by atoms with E-state index in [2.05, 4.69) is 48.6 Å². The molecule has 0 aromatic heterocycles. The number of benzene rings is 1. The second kappa shape index (κ2) is 6.89. The molecule has 1 atom stereocenters. The van der Waals surface area contributed by atoms with E-state index in [1.165, 1.54) is 0 Å². The van der Waals surface area contributed by atoms with E-state index in [-0.39, 0.29) is 17.7 Å². The fraction of sp³-hybridized carbons (Fsp3) is 0.375. The number of hydrogen-bond acceptors (Lipinski definition) is 2. The van der Waals surface area contributed by atoms with Gasteiger partial charge in [0, 0.05) is 12.0 Å². The third kappa shape index (κ3) is 5.34. The number of hydrogen-bond donors (Lipinski definition) is 2. The molecule has 0 saturated heterocycles. The summed E-state index contributed by atoms with van der Waals surface area (Å²) in [5.74, 6) is -0.914. The largest absolute Gasteiger partial charge is 0.368 e. The third-order valence-electron chi connectivity index (χ3n) is 3.09. The van der Waals surface area contributed by atoms with Crippen LogP contribution < -0.4 is 11.1 Å². The van der Waals surface area contributed by atoms with Gasteiger partial charge in [-0.25, -0.2) is 0 Å². The van der Waals surface area contributed by atoms with Gasteiger partial charge in [-0.05, 0) is 27.6 Å². The Balaban J connectivity index is 2.83. The first-order chi connectivity index (χ1) is 9.61. The van der Waals surface area contributed by atoms with Gasteiger partial charge < -0.3 is 11.1 Å². The molecular weight excluding hydrogens is 332 g/mol. The van der Waals surface area contributed by atoms with E-state index in [9.17, 15) is 9.59 Å². The van der Waals surface area contributed by atoms with Crippen molar-refractivity contribution in [3.8, 4) is 0 Å². The first-order valence-corrected chi connectivity index (χ1v) is 7.44. The smallest absolute Gasteiger partial charge is 0.251 e. The lowest BCUT2D eigenvalue weighted by Crippen LogP contribution is -2.44. The van der Waals surface area contributed by atoms with Gasteiger partial charge in [0.25, 0.3) is 5.91 Å². The summed E-state index contributed by atoms with van der Waals surface area (Å²) in [5, 5.41) is 2.62. The van der Waals surface area contributed by atoms with Crippen LogP contribution in [0.5, 0.6) is 0 Å². The summed E-state index contributed by atoms with van der Waals surface area (Å²) < 4.78 is 0.606. The van der Waals surface area contributed by atoms with Gasteiger partial charge in [-0.15, -0.1) is 0 Å². The molecule has 4 nitrogen and oxygen atoms in total. The number of primary amides is 1. The molecule has 0 aliphatic carbocycles. The van der Waals surface area contributed by atoms with Gasteiger partial charge in [0.2, 0.25) is 5.91 Å². The minimum absolute atomic E-state index is 0.0263. The molecule has 2 amide bonds. The Bertz CT molecular complexity index is 544. The van der Waals surface area contributed by atoms with Crippen LogP contribution in [0.15, 0.2) is 35.3 Å². The summed E-state index contributed by atoms with van der Waals surface area (Å²) in [5.41, 5.74) is 6.94. The van der Waals surface area contributed by atoms with Crippen LogP contribution in [0.3, 0.4) is 0 Å². The lowest BCUT2D eigenvalue weighted by Gasteiger charge is -2.19. The quantitative estimate of drug-likeness (QED) is 0.854. The molecule has 0 bridgehead atoms. The van der Waals surface area contributed by atoms with E-state index in [1.807, 2.05) is 12.1 Å². The van der Waals surface area contributed by atoms with Gasteiger partial charge in [0.1, 0.15) is 6.04 Å². The molecule has 0 unspecified atom stereocenters. The Morgan fingerprint density at radius 3 is 2.19 bits per heavy atom. The van der Waals surface area contributed by atoms with Crippen molar-refractivity contribution in [2.75, 3.05) is 0 Å². The molecule has 0 radical (unpaired) electrons. The van der Waals surface area contributed by atoms with Gasteiger partial charge in [0.15, 0.2) is 0 Å². The van der Waals surface area contributed by atoms with Crippen LogP contribution in [-0.4, -0.2) is 17.9 Å². The molecule has 0 aliphatic rings. The molecule has 3 N–H and O–H groups in total. The first kappa shape index (κ1) is 17.4. The van der Waals surface area contributed by atoms with Crippen LogP contribution in [0.25, 0.3) is 0 Å². The molecule has 0 aliphatic heterocycles. The summed E-state index contributed by atoms with van der Waals surface area (Å²) in [6.45, 7) is 9.97. The third-order valence-corrected chi connectivity index (χ3v) is 3.41. The van der Waals surface area contributed by atoms with E-state index in [0.29, 0.717) is 10.0 Å². The number of carbonyl (C=O) groups excluding carboxylic acids is 2. The fourth-order valence-corrected chi connectivity index (χ4v) is 2.13. The Labute approximate surface area is 133 Å². The minimum atomic E-state index is -0.772. The van der Waals surface area contributed by atoms with E-state index >= 15 is 0 Å². The van der Waals surface area contributed by atoms with Gasteiger partial charge >= 0.3 is 0 Å². The maximum atomic E-state index is 12.1. The molecule has 1 aromatic rings. The summed E-state index contributed by atoms with van der Waals surface area (Å²) in [7, 11) is 0. The highest BCUT2D eigenvalue weighted by atomic mass is 79.9. The summed E-state index contributed by atoms with van der Waals surface area (Å²) in [4.78, 5) is 23.5. The molecule has 0 heterocycles. The first-order valence-electron chi connectivity index (χ1n) is 6.65. The van der Waals surface area contributed by atoms with Gasteiger partial charge in [-0.3, -0.25) is 9.59 Å². The zero-order valence-electron chi connectivity index (χ0n) is 12.6. The Morgan fingerprint density at radius 1 is 1.29 bits per heavy atom. The topological polar surface area (TPSA) is 72.2 Å². The number of halogens is 1. The van der Waals surface area contributed by atoms with Crippen molar-refractivity contribution in [3.05, 3.63) is 46.5 Å². The summed E-state index contributed by atoms with van der Waals surface area (Å²) >= 11 is 3.17. The van der Waals surface area contributed by atoms with Crippen LogP contribution in [0.2, 0.25) is 0 Å². The van der Waals surface area contributed by atoms with Crippen LogP contribution in [0.1, 0.15) is 43.1 Å². The van der Waals surface area contributed by atoms with Gasteiger partial charge in [-0.2, -0.15) is 0 Å². The standard InChI is InChI=1S/C16H21BrN2O2/c1-10(17)9-13(14(18)20)19-15(21)11-5-7-12(8-6-11)16(2,3)4/h5-8,13H,1,9H2,2-4H3,(H2,18,20)(H,19,21)/t13-/m1/s1. The molecule has 5 heteroatoms. The van der Waals surface area contributed by atoms with Gasteiger partial charge in [0.05, 0.1) is 0 Å². The van der Waals surface area contributed by atoms with Crippen molar-refractivity contribution >= 4 is 27.7 Å². The predicted molar refractivity (Wildman–Crippen MR) is 88.3 cm³/mol. The van der Waals surface area contributed by atoms with Crippen molar-refractivity contribution in [3.63, 3.8) is 0 Å². The summed E-state index contributed by atoms with van der Waals surface area (Å²) in [6, 6.07) is 6.55. The number of rotatable bonds is 5. The molecule has 0 fully saturated rings. The maximum absolute atomic E-state index is 12.1. The fourth-order valence-electron chi connectivity index (χ4n) is 1.81. The number of nitrogens with two attached hydrogens (primary N) is 1. The van der Waals surface area contributed by atoms with Crippen molar-refractivity contribution in [1.29, 1.82) is 0 Å². The van der Waals surface area contributed by atoms with E-state index in [0.717, 1.165) is 5.56 Å². The van der Waals surface area contributed by atoms with Crippen LogP contribution >= 0.6 is 15.9 Å². The minimum Gasteiger partial charge on any atom is -0.368 e. The van der Waals surface area contributed by atoms with Crippen molar-refractivity contribution < 1.29 is 9.59 Å². The van der Waals surface area contributed by atoms with E-state index in [1.54, 1.807) is 12.1 Å². The second-order valence-electron chi connectivity index (χ2n) is 5.98. The van der Waals surface area contributed by atoms with E-state index < -0.39 is 11.9 Å². The van der Waals surface area contributed by atoms with Crippen LogP contribution in [0, 0.1) is 0 Å². The Hall–Kier alpha value is -1.62. The normalized spacial score (nSPS) is 12.6. The molecule has 0 spiro atoms. The summed E-state index contributed by atoms with van der Waals surface area (Å²) in [6.07, 6.45) is 0.265.